The Morgan fingerprint density at radius 3 is 2.44 bits per heavy atom. The van der Waals surface area contributed by atoms with Gasteiger partial charge in [-0.2, -0.15) is 0 Å². The molecule has 1 aromatic carbocycles. The molecule has 2 rings (SSSR count). The van der Waals surface area contributed by atoms with Crippen molar-refractivity contribution < 1.29 is 4.79 Å². The van der Waals surface area contributed by atoms with Gasteiger partial charge in [0.25, 0.3) is 5.91 Å². The number of thiophene rings is 1. The van der Waals surface area contributed by atoms with Crippen molar-refractivity contribution in [3.8, 4) is 0 Å². The van der Waals surface area contributed by atoms with E-state index in [-0.39, 0.29) is 11.9 Å². The second kappa shape index (κ2) is 5.99. The predicted octanol–water partition coefficient (Wildman–Crippen LogP) is 4.76. The first-order valence-corrected chi connectivity index (χ1v) is 7.84. The molecule has 1 heterocycles. The molecule has 1 atom stereocenters. The fraction of sp³-hybridized carbons (Fsp3) is 0.154. The first-order chi connectivity index (χ1) is 8.58. The number of hydrogen-bond acceptors (Lipinski definition) is 2. The SMILES string of the molecule is C[C@@H](NC(=O)c1sccc1Br)c1ccc(Br)cc1. The summed E-state index contributed by atoms with van der Waals surface area (Å²) < 4.78 is 1.87. The van der Waals surface area contributed by atoms with Crippen LogP contribution < -0.4 is 5.32 Å². The van der Waals surface area contributed by atoms with E-state index >= 15 is 0 Å². The van der Waals surface area contributed by atoms with Crippen LogP contribution in [-0.4, -0.2) is 5.91 Å². The van der Waals surface area contributed by atoms with Crippen molar-refractivity contribution in [3.05, 3.63) is 55.1 Å². The van der Waals surface area contributed by atoms with Gasteiger partial charge in [-0.15, -0.1) is 11.3 Å². The van der Waals surface area contributed by atoms with Crippen LogP contribution in [0, 0.1) is 0 Å². The number of halogens is 2. The minimum Gasteiger partial charge on any atom is -0.345 e. The van der Waals surface area contributed by atoms with Crippen molar-refractivity contribution >= 4 is 49.1 Å². The van der Waals surface area contributed by atoms with Gasteiger partial charge in [0.15, 0.2) is 0 Å². The minimum atomic E-state index is -0.0488. The maximum absolute atomic E-state index is 12.0. The highest BCUT2D eigenvalue weighted by atomic mass is 79.9. The minimum absolute atomic E-state index is 0.0143. The molecule has 2 aromatic rings. The van der Waals surface area contributed by atoms with Gasteiger partial charge >= 0.3 is 0 Å². The molecule has 18 heavy (non-hydrogen) atoms. The number of rotatable bonds is 3. The number of amides is 1. The summed E-state index contributed by atoms with van der Waals surface area (Å²) in [6.07, 6.45) is 0. The van der Waals surface area contributed by atoms with Crippen LogP contribution in [0.2, 0.25) is 0 Å². The molecule has 1 amide bonds. The zero-order valence-electron chi connectivity index (χ0n) is 9.61. The molecule has 0 unspecified atom stereocenters. The zero-order valence-corrected chi connectivity index (χ0v) is 13.6. The van der Waals surface area contributed by atoms with Crippen molar-refractivity contribution in [1.29, 1.82) is 0 Å². The first-order valence-electron chi connectivity index (χ1n) is 5.37. The lowest BCUT2D eigenvalue weighted by Crippen LogP contribution is -2.26. The molecule has 0 aliphatic carbocycles. The highest BCUT2D eigenvalue weighted by Gasteiger charge is 2.14. The van der Waals surface area contributed by atoms with Gasteiger partial charge in [0.2, 0.25) is 0 Å². The molecule has 0 saturated carbocycles. The number of benzene rings is 1. The molecule has 0 aliphatic rings. The Bertz CT molecular complexity index is 550. The van der Waals surface area contributed by atoms with Gasteiger partial charge in [0.05, 0.1) is 6.04 Å². The maximum Gasteiger partial charge on any atom is 0.262 e. The van der Waals surface area contributed by atoms with Crippen molar-refractivity contribution in [3.63, 3.8) is 0 Å². The van der Waals surface area contributed by atoms with Gasteiger partial charge in [-0.25, -0.2) is 0 Å². The third-order valence-electron chi connectivity index (χ3n) is 2.54. The molecular weight excluding hydrogens is 378 g/mol. The number of hydrogen-bond donors (Lipinski definition) is 1. The monoisotopic (exact) mass is 387 g/mol. The summed E-state index contributed by atoms with van der Waals surface area (Å²) in [5.74, 6) is -0.0488. The van der Waals surface area contributed by atoms with Crippen molar-refractivity contribution in [2.75, 3.05) is 0 Å². The van der Waals surface area contributed by atoms with E-state index in [1.165, 1.54) is 11.3 Å². The number of carbonyl (C=O) groups is 1. The van der Waals surface area contributed by atoms with Crippen molar-refractivity contribution in [2.45, 2.75) is 13.0 Å². The number of carbonyl (C=O) groups excluding carboxylic acids is 1. The fourth-order valence-corrected chi connectivity index (χ4v) is 3.27. The highest BCUT2D eigenvalue weighted by molar-refractivity contribution is 9.10. The molecule has 5 heteroatoms. The molecule has 0 radical (unpaired) electrons. The van der Waals surface area contributed by atoms with Gasteiger partial charge in [0.1, 0.15) is 4.88 Å². The fourth-order valence-electron chi connectivity index (χ4n) is 1.55. The van der Waals surface area contributed by atoms with E-state index in [1.54, 1.807) is 0 Å². The number of nitrogens with one attached hydrogen (secondary N) is 1. The molecule has 0 aliphatic heterocycles. The second-order valence-electron chi connectivity index (χ2n) is 3.84. The van der Waals surface area contributed by atoms with Crippen molar-refractivity contribution in [1.82, 2.24) is 5.32 Å². The summed E-state index contributed by atoms with van der Waals surface area (Å²) in [7, 11) is 0. The van der Waals surface area contributed by atoms with E-state index in [9.17, 15) is 4.79 Å². The lowest BCUT2D eigenvalue weighted by atomic mass is 10.1. The normalized spacial score (nSPS) is 12.2. The van der Waals surface area contributed by atoms with E-state index in [4.69, 9.17) is 0 Å². The average molecular weight is 389 g/mol. The summed E-state index contributed by atoms with van der Waals surface area (Å²) in [5.41, 5.74) is 1.08. The standard InChI is InChI=1S/C13H11Br2NOS/c1-8(9-2-4-10(14)5-3-9)16-13(17)12-11(15)6-7-18-12/h2-8H,1H3,(H,16,17)/t8-/m1/s1. The molecule has 94 valence electrons. The summed E-state index contributed by atoms with van der Waals surface area (Å²) in [6.45, 7) is 1.97. The Morgan fingerprint density at radius 2 is 1.89 bits per heavy atom. The van der Waals surface area contributed by atoms with Crippen molar-refractivity contribution in [2.24, 2.45) is 0 Å². The lowest BCUT2D eigenvalue weighted by molar-refractivity contribution is 0.0943. The Balaban J connectivity index is 2.08. The third-order valence-corrected chi connectivity index (χ3v) is 4.91. The molecular formula is C13H11Br2NOS. The van der Waals surface area contributed by atoms with Gasteiger partial charge in [-0.05, 0) is 52.0 Å². The molecule has 0 fully saturated rings. The predicted molar refractivity (Wildman–Crippen MR) is 82.0 cm³/mol. The van der Waals surface area contributed by atoms with Crippen LogP contribution in [0.1, 0.15) is 28.2 Å². The summed E-state index contributed by atoms with van der Waals surface area (Å²) in [4.78, 5) is 12.7. The summed E-state index contributed by atoms with van der Waals surface area (Å²) >= 11 is 8.19. The summed E-state index contributed by atoms with van der Waals surface area (Å²) in [6, 6.07) is 9.80. The van der Waals surface area contributed by atoms with Crippen LogP contribution in [0.15, 0.2) is 44.7 Å². The molecule has 2 nitrogen and oxygen atoms in total. The highest BCUT2D eigenvalue weighted by Crippen LogP contribution is 2.24. The van der Waals surface area contributed by atoms with Gasteiger partial charge in [0, 0.05) is 8.95 Å². The largest absolute Gasteiger partial charge is 0.345 e. The first kappa shape index (κ1) is 13.8. The maximum atomic E-state index is 12.0. The topological polar surface area (TPSA) is 29.1 Å². The molecule has 1 N–H and O–H groups in total. The molecule has 0 spiro atoms. The Hall–Kier alpha value is -0.650. The van der Waals surface area contributed by atoms with E-state index in [1.807, 2.05) is 42.6 Å². The average Bonchev–Trinajstić information content (AvgIpc) is 2.76. The van der Waals surface area contributed by atoms with Crippen LogP contribution in [0.3, 0.4) is 0 Å². The van der Waals surface area contributed by atoms with E-state index < -0.39 is 0 Å². The Labute approximate surface area is 127 Å². The quantitative estimate of drug-likeness (QED) is 0.806. The van der Waals surface area contributed by atoms with Crippen LogP contribution >= 0.6 is 43.2 Å². The van der Waals surface area contributed by atoms with Crippen LogP contribution in [-0.2, 0) is 0 Å². The van der Waals surface area contributed by atoms with E-state index in [0.717, 1.165) is 14.5 Å². The molecule has 1 aromatic heterocycles. The van der Waals surface area contributed by atoms with Crippen LogP contribution in [0.25, 0.3) is 0 Å². The second-order valence-corrected chi connectivity index (χ2v) is 6.53. The smallest absolute Gasteiger partial charge is 0.262 e. The Morgan fingerprint density at radius 1 is 1.22 bits per heavy atom. The van der Waals surface area contributed by atoms with E-state index in [0.29, 0.717) is 4.88 Å². The van der Waals surface area contributed by atoms with Gasteiger partial charge in [-0.1, -0.05) is 28.1 Å². The van der Waals surface area contributed by atoms with Gasteiger partial charge < -0.3 is 5.32 Å². The van der Waals surface area contributed by atoms with Crippen LogP contribution in [0.4, 0.5) is 0 Å². The summed E-state index contributed by atoms with van der Waals surface area (Å²) in [5, 5.41) is 4.88. The van der Waals surface area contributed by atoms with Crippen LogP contribution in [0.5, 0.6) is 0 Å². The molecule has 0 saturated heterocycles. The Kier molecular flexibility index (Phi) is 4.59. The lowest BCUT2D eigenvalue weighted by Gasteiger charge is -2.14. The zero-order chi connectivity index (χ0) is 13.1. The third kappa shape index (κ3) is 3.22. The van der Waals surface area contributed by atoms with Gasteiger partial charge in [-0.3, -0.25) is 4.79 Å². The molecule has 0 bridgehead atoms. The van der Waals surface area contributed by atoms with E-state index in [2.05, 4.69) is 37.2 Å².